The molecule has 0 unspecified atom stereocenters. The minimum absolute atomic E-state index is 0.0368. The number of pyridine rings is 1. The summed E-state index contributed by atoms with van der Waals surface area (Å²) in [4.78, 5) is 23.2. The molecule has 4 heterocycles. The highest BCUT2D eigenvalue weighted by Crippen LogP contribution is 2.50. The first-order valence-electron chi connectivity index (χ1n) is 14.1. The third-order valence-electron chi connectivity index (χ3n) is 7.71. The molecule has 202 valence electrons. The summed E-state index contributed by atoms with van der Waals surface area (Å²) in [6.07, 6.45) is 2.12. The number of hydrogen-bond acceptors (Lipinski definition) is 5. The minimum atomic E-state index is -3.17. The van der Waals surface area contributed by atoms with E-state index < -0.39 is 44.5 Å². The van der Waals surface area contributed by atoms with E-state index in [1.54, 1.807) is 36.6 Å². The van der Waals surface area contributed by atoms with Gasteiger partial charge < -0.3 is 18.8 Å². The highest BCUT2D eigenvalue weighted by Gasteiger charge is 2.45. The Morgan fingerprint density at radius 1 is 1.15 bits per heavy atom. The van der Waals surface area contributed by atoms with Gasteiger partial charge >= 0.3 is 6.61 Å². The van der Waals surface area contributed by atoms with E-state index in [0.717, 1.165) is 4.90 Å². The van der Waals surface area contributed by atoms with Crippen LogP contribution < -0.4 is 10.2 Å². The second kappa shape index (κ2) is 9.23. The molecule has 2 aromatic heterocycles. The standard InChI is InChI=1S/C28H26F3N4O3P/c1-4-39(37,5-2)26-18(29)11-16(14-32-26)15-9-10-19-20(12-15)35-21-13-22(25(35)33-19)34(3)27(36)17-7-6-8-23(24(17)21)38-28(30)31/h6-12,14,21-22,28H,4-5,13H2,1-3H3/t21-,22+/m1/s1/i3D3. The summed E-state index contributed by atoms with van der Waals surface area (Å²) in [7, 11) is -2.95. The molecule has 0 radical (unpaired) electrons. The molecule has 2 atom stereocenters. The van der Waals surface area contributed by atoms with Crippen LogP contribution in [0.25, 0.3) is 22.2 Å². The average molecular weight is 558 g/mol. The molecule has 1 amide bonds. The van der Waals surface area contributed by atoms with Gasteiger partial charge in [0, 0.05) is 52.7 Å². The van der Waals surface area contributed by atoms with Gasteiger partial charge in [-0.25, -0.2) is 14.4 Å². The van der Waals surface area contributed by atoms with Crippen LogP contribution in [0, 0.1) is 5.82 Å². The zero-order chi connectivity index (χ0) is 30.1. The van der Waals surface area contributed by atoms with Crippen molar-refractivity contribution in [2.24, 2.45) is 0 Å². The molecule has 0 saturated carbocycles. The lowest BCUT2D eigenvalue weighted by Crippen LogP contribution is -2.30. The average Bonchev–Trinajstić information content (AvgIpc) is 3.44. The summed E-state index contributed by atoms with van der Waals surface area (Å²) >= 11 is 0. The lowest BCUT2D eigenvalue weighted by molar-refractivity contribution is -0.0507. The number of nitrogens with zero attached hydrogens (tertiary/aromatic N) is 4. The van der Waals surface area contributed by atoms with Crippen molar-refractivity contribution in [3.63, 3.8) is 0 Å². The van der Waals surface area contributed by atoms with Gasteiger partial charge in [-0.3, -0.25) is 4.79 Å². The fourth-order valence-corrected chi connectivity index (χ4v) is 7.47. The van der Waals surface area contributed by atoms with E-state index in [-0.39, 0.29) is 41.1 Å². The van der Waals surface area contributed by atoms with Crippen molar-refractivity contribution in [2.45, 2.75) is 39.0 Å². The number of amides is 1. The molecule has 2 aliphatic rings. The van der Waals surface area contributed by atoms with Crippen molar-refractivity contribution in [3.8, 4) is 16.9 Å². The van der Waals surface area contributed by atoms with Crippen LogP contribution in [0.3, 0.4) is 0 Å². The van der Waals surface area contributed by atoms with E-state index in [0.29, 0.717) is 28.0 Å². The van der Waals surface area contributed by atoms with Gasteiger partial charge in [-0.1, -0.05) is 26.0 Å². The number of hydrogen-bond donors (Lipinski definition) is 0. The summed E-state index contributed by atoms with van der Waals surface area (Å²) in [6, 6.07) is 8.79. The molecule has 11 heteroatoms. The van der Waals surface area contributed by atoms with Crippen LogP contribution in [0.5, 0.6) is 5.75 Å². The van der Waals surface area contributed by atoms with Crippen LogP contribution >= 0.6 is 7.14 Å². The second-order valence-electron chi connectivity index (χ2n) is 9.63. The topological polar surface area (TPSA) is 77.3 Å². The maximum absolute atomic E-state index is 15.2. The molecule has 39 heavy (non-hydrogen) atoms. The monoisotopic (exact) mass is 557 g/mol. The molecular weight excluding hydrogens is 528 g/mol. The first kappa shape index (κ1) is 22.2. The number of alkyl halides is 2. The van der Waals surface area contributed by atoms with Gasteiger partial charge in [-0.2, -0.15) is 8.78 Å². The number of carbonyl (C=O) groups is 1. The van der Waals surface area contributed by atoms with Gasteiger partial charge in [-0.15, -0.1) is 0 Å². The van der Waals surface area contributed by atoms with Gasteiger partial charge in [0.25, 0.3) is 5.91 Å². The highest BCUT2D eigenvalue weighted by molar-refractivity contribution is 7.71. The van der Waals surface area contributed by atoms with E-state index in [9.17, 15) is 18.1 Å². The molecule has 0 spiro atoms. The predicted molar refractivity (Wildman–Crippen MR) is 142 cm³/mol. The smallest absolute Gasteiger partial charge is 0.387 e. The van der Waals surface area contributed by atoms with Crippen molar-refractivity contribution in [1.29, 1.82) is 0 Å². The van der Waals surface area contributed by atoms with Crippen molar-refractivity contribution in [1.82, 2.24) is 19.4 Å². The fourth-order valence-electron chi connectivity index (χ4n) is 5.70. The molecule has 0 aliphatic carbocycles. The Morgan fingerprint density at radius 3 is 2.64 bits per heavy atom. The number of aromatic nitrogens is 3. The van der Waals surface area contributed by atoms with Crippen molar-refractivity contribution in [3.05, 3.63) is 71.4 Å². The molecule has 6 rings (SSSR count). The zero-order valence-electron chi connectivity index (χ0n) is 24.1. The third-order valence-corrected chi connectivity index (χ3v) is 10.9. The Balaban J connectivity index is 1.55. The van der Waals surface area contributed by atoms with E-state index in [1.165, 1.54) is 30.5 Å². The number of fused-ring (bicyclic) bond motifs is 9. The lowest BCUT2D eigenvalue weighted by atomic mass is 9.97. The Bertz CT molecular complexity index is 1790. The van der Waals surface area contributed by atoms with Crippen LogP contribution in [0.1, 0.15) is 58.2 Å². The van der Waals surface area contributed by atoms with Gasteiger partial charge in [0.05, 0.1) is 23.1 Å². The fraction of sp³-hybridized carbons (Fsp3) is 0.321. The molecule has 0 fully saturated rings. The third kappa shape index (κ3) is 3.87. The van der Waals surface area contributed by atoms with Crippen molar-refractivity contribution < 1.29 is 31.4 Å². The zero-order valence-corrected chi connectivity index (χ0v) is 22.0. The summed E-state index contributed by atoms with van der Waals surface area (Å²) in [5.74, 6) is -1.43. The SMILES string of the molecule is [2H]C([2H])([2H])N1C(=O)c2cccc(OC(F)F)c2[C@H]2C[C@H]1c1nc3ccc(-c4cnc(P(=O)(CC)CC)c(F)c4)cc3n12. The quantitative estimate of drug-likeness (QED) is 0.273. The second-order valence-corrected chi connectivity index (χ2v) is 13.1. The van der Waals surface area contributed by atoms with Crippen molar-refractivity contribution in [2.75, 3.05) is 19.3 Å². The molecule has 2 bridgehead atoms. The van der Waals surface area contributed by atoms with E-state index >= 15 is 4.39 Å². The Morgan fingerprint density at radius 2 is 1.95 bits per heavy atom. The summed E-state index contributed by atoms with van der Waals surface area (Å²) in [5.41, 5.74) is 2.06. The summed E-state index contributed by atoms with van der Waals surface area (Å²) < 4.78 is 86.1. The Labute approximate surface area is 227 Å². The van der Waals surface area contributed by atoms with Crippen LogP contribution in [0.2, 0.25) is 0 Å². The molecule has 2 aliphatic heterocycles. The van der Waals surface area contributed by atoms with Crippen LogP contribution in [-0.2, 0) is 4.57 Å². The maximum atomic E-state index is 15.2. The van der Waals surface area contributed by atoms with Crippen molar-refractivity contribution >= 4 is 29.5 Å². The van der Waals surface area contributed by atoms with E-state index in [1.807, 2.05) is 0 Å². The minimum Gasteiger partial charge on any atom is -0.434 e. The molecule has 7 nitrogen and oxygen atoms in total. The number of ether oxygens (including phenoxy) is 1. The number of benzene rings is 2. The van der Waals surface area contributed by atoms with Crippen LogP contribution in [0.15, 0.2) is 48.7 Å². The van der Waals surface area contributed by atoms with E-state index in [2.05, 4.69) is 9.97 Å². The number of halogens is 3. The Kier molecular flexibility index (Phi) is 5.25. The number of imidazole rings is 1. The lowest BCUT2D eigenvalue weighted by Gasteiger charge is -2.24. The molecule has 0 N–H and O–H groups in total. The van der Waals surface area contributed by atoms with Crippen LogP contribution in [0.4, 0.5) is 13.2 Å². The van der Waals surface area contributed by atoms with Crippen LogP contribution in [-0.4, -0.2) is 51.3 Å². The molecular formula is C28H26F3N4O3P. The Hall–Kier alpha value is -3.65. The van der Waals surface area contributed by atoms with Gasteiger partial charge in [0.2, 0.25) is 0 Å². The largest absolute Gasteiger partial charge is 0.434 e. The van der Waals surface area contributed by atoms with Gasteiger partial charge in [0.1, 0.15) is 24.2 Å². The maximum Gasteiger partial charge on any atom is 0.387 e. The first-order chi connectivity index (χ1) is 19.9. The van der Waals surface area contributed by atoms with Gasteiger partial charge in [0.15, 0.2) is 5.82 Å². The predicted octanol–water partition coefficient (Wildman–Crippen LogP) is 5.99. The molecule has 2 aromatic carbocycles. The number of carbonyl (C=O) groups excluding carboxylic acids is 1. The highest BCUT2D eigenvalue weighted by atomic mass is 31.2. The van der Waals surface area contributed by atoms with Gasteiger partial charge in [-0.05, 0) is 35.9 Å². The van der Waals surface area contributed by atoms with E-state index in [4.69, 9.17) is 8.85 Å². The normalized spacial score (nSPS) is 19.9. The molecule has 4 aromatic rings. The first-order valence-corrected chi connectivity index (χ1v) is 14.6. The number of rotatable bonds is 6. The summed E-state index contributed by atoms with van der Waals surface area (Å²) in [5, 5.41) is 0. The molecule has 0 saturated heterocycles. The summed E-state index contributed by atoms with van der Waals surface area (Å²) in [6.45, 7) is -2.53.